The zero-order chi connectivity index (χ0) is 13.8. The highest BCUT2D eigenvalue weighted by Crippen LogP contribution is 2.30. The fraction of sp³-hybridized carbons (Fsp3) is 1.00. The highest BCUT2D eigenvalue weighted by Gasteiger charge is 2.35. The lowest BCUT2D eigenvalue weighted by molar-refractivity contribution is 0.0203. The largest absolute Gasteiger partial charge is 0.314 e. The molecule has 0 aromatic rings. The van der Waals surface area contributed by atoms with Crippen LogP contribution >= 0.6 is 0 Å². The topological polar surface area (TPSA) is 18.5 Å². The van der Waals surface area contributed by atoms with Crippen molar-refractivity contribution in [2.75, 3.05) is 33.2 Å². The lowest BCUT2D eigenvalue weighted by Gasteiger charge is -2.47. The second-order valence-corrected chi connectivity index (χ2v) is 6.78. The highest BCUT2D eigenvalue weighted by atomic mass is 15.2. The van der Waals surface area contributed by atoms with E-state index in [2.05, 4.69) is 42.9 Å². The molecule has 0 spiro atoms. The van der Waals surface area contributed by atoms with Crippen molar-refractivity contribution >= 4 is 0 Å². The first-order valence-corrected chi connectivity index (χ1v) is 8.29. The lowest BCUT2D eigenvalue weighted by Crippen LogP contribution is -2.54. The van der Waals surface area contributed by atoms with Crippen LogP contribution in [0.2, 0.25) is 0 Å². The van der Waals surface area contributed by atoms with Crippen LogP contribution in [0.5, 0.6) is 0 Å². The fourth-order valence-electron chi connectivity index (χ4n) is 4.17. The minimum atomic E-state index is 0.645. The summed E-state index contributed by atoms with van der Waals surface area (Å²) in [6.45, 7) is 12.0. The average Bonchev–Trinajstić information content (AvgIpc) is 2.38. The van der Waals surface area contributed by atoms with Crippen LogP contribution in [0, 0.1) is 5.92 Å². The molecule has 0 saturated carbocycles. The molecular formula is C16H33N3. The molecule has 2 aliphatic rings. The van der Waals surface area contributed by atoms with E-state index in [0.717, 1.165) is 24.5 Å². The molecule has 19 heavy (non-hydrogen) atoms. The Hall–Kier alpha value is -0.120. The number of rotatable bonds is 5. The maximum atomic E-state index is 3.54. The SMILES string of the molecule is CCNC(C)CC(C)N1CCC2C(CCCN2C)C1. The van der Waals surface area contributed by atoms with Crippen molar-refractivity contribution in [3.05, 3.63) is 0 Å². The standard InChI is InChI=1S/C16H33N3/c1-5-17-13(2)11-14(3)19-10-8-16-15(12-19)7-6-9-18(16)4/h13-17H,5-12H2,1-4H3. The van der Waals surface area contributed by atoms with Gasteiger partial charge in [-0.3, -0.25) is 0 Å². The van der Waals surface area contributed by atoms with Gasteiger partial charge in [0.2, 0.25) is 0 Å². The molecule has 4 unspecified atom stereocenters. The molecule has 0 aromatic carbocycles. The summed E-state index contributed by atoms with van der Waals surface area (Å²) in [6.07, 6.45) is 5.50. The number of hydrogen-bond donors (Lipinski definition) is 1. The number of hydrogen-bond acceptors (Lipinski definition) is 3. The predicted molar refractivity (Wildman–Crippen MR) is 82.5 cm³/mol. The highest BCUT2D eigenvalue weighted by molar-refractivity contribution is 4.90. The number of nitrogens with zero attached hydrogens (tertiary/aromatic N) is 2. The zero-order valence-corrected chi connectivity index (χ0v) is 13.4. The number of likely N-dealkylation sites (tertiary alicyclic amines) is 2. The summed E-state index contributed by atoms with van der Waals surface area (Å²) in [4.78, 5) is 5.35. The molecule has 0 radical (unpaired) electrons. The molecule has 1 N–H and O–H groups in total. The van der Waals surface area contributed by atoms with Crippen LogP contribution in [-0.2, 0) is 0 Å². The van der Waals surface area contributed by atoms with Gasteiger partial charge in [-0.2, -0.15) is 0 Å². The van der Waals surface area contributed by atoms with Gasteiger partial charge >= 0.3 is 0 Å². The number of nitrogens with one attached hydrogen (secondary N) is 1. The van der Waals surface area contributed by atoms with E-state index < -0.39 is 0 Å². The Labute approximate surface area is 119 Å². The molecule has 2 rings (SSSR count). The van der Waals surface area contributed by atoms with Crippen LogP contribution in [0.15, 0.2) is 0 Å². The maximum Gasteiger partial charge on any atom is 0.0145 e. The third-order valence-electron chi connectivity index (χ3n) is 5.25. The second-order valence-electron chi connectivity index (χ2n) is 6.78. The molecule has 2 heterocycles. The van der Waals surface area contributed by atoms with E-state index in [1.165, 1.54) is 45.3 Å². The van der Waals surface area contributed by atoms with Crippen LogP contribution in [0.4, 0.5) is 0 Å². The molecule has 2 aliphatic heterocycles. The summed E-state index contributed by atoms with van der Waals surface area (Å²) in [5, 5.41) is 3.54. The van der Waals surface area contributed by atoms with Crippen LogP contribution in [-0.4, -0.2) is 61.2 Å². The van der Waals surface area contributed by atoms with Crippen LogP contribution in [0.1, 0.15) is 46.5 Å². The first-order valence-electron chi connectivity index (χ1n) is 8.29. The number of fused-ring (bicyclic) bond motifs is 1. The van der Waals surface area contributed by atoms with E-state index >= 15 is 0 Å². The van der Waals surface area contributed by atoms with Gasteiger partial charge in [-0.15, -0.1) is 0 Å². The summed E-state index contributed by atoms with van der Waals surface area (Å²) in [5.41, 5.74) is 0. The Morgan fingerprint density at radius 3 is 2.74 bits per heavy atom. The van der Waals surface area contributed by atoms with Gasteiger partial charge in [0.15, 0.2) is 0 Å². The summed E-state index contributed by atoms with van der Waals surface area (Å²) in [7, 11) is 2.32. The van der Waals surface area contributed by atoms with Crippen molar-refractivity contribution in [1.82, 2.24) is 15.1 Å². The zero-order valence-electron chi connectivity index (χ0n) is 13.4. The Morgan fingerprint density at radius 2 is 2.00 bits per heavy atom. The van der Waals surface area contributed by atoms with Gasteiger partial charge in [0.1, 0.15) is 0 Å². The molecule has 2 saturated heterocycles. The molecule has 0 aliphatic carbocycles. The van der Waals surface area contributed by atoms with Crippen molar-refractivity contribution in [2.24, 2.45) is 5.92 Å². The molecule has 0 bridgehead atoms. The van der Waals surface area contributed by atoms with E-state index in [1.807, 2.05) is 0 Å². The Balaban J connectivity index is 1.82. The summed E-state index contributed by atoms with van der Waals surface area (Å²) in [6, 6.07) is 2.23. The van der Waals surface area contributed by atoms with Gasteiger partial charge < -0.3 is 15.1 Å². The first-order chi connectivity index (χ1) is 9.11. The summed E-state index contributed by atoms with van der Waals surface area (Å²) < 4.78 is 0. The molecule has 3 nitrogen and oxygen atoms in total. The first kappa shape index (κ1) is 15.3. The second kappa shape index (κ2) is 7.05. The molecular weight excluding hydrogens is 234 g/mol. The van der Waals surface area contributed by atoms with Gasteiger partial charge in [0.25, 0.3) is 0 Å². The van der Waals surface area contributed by atoms with Crippen molar-refractivity contribution in [1.29, 1.82) is 0 Å². The molecule has 0 aromatic heterocycles. The van der Waals surface area contributed by atoms with E-state index in [1.54, 1.807) is 0 Å². The Bertz CT molecular complexity index is 269. The molecule has 4 atom stereocenters. The van der Waals surface area contributed by atoms with Crippen molar-refractivity contribution in [3.8, 4) is 0 Å². The smallest absolute Gasteiger partial charge is 0.0145 e. The van der Waals surface area contributed by atoms with Crippen molar-refractivity contribution < 1.29 is 0 Å². The van der Waals surface area contributed by atoms with E-state index in [0.29, 0.717) is 6.04 Å². The molecule has 0 amide bonds. The van der Waals surface area contributed by atoms with Gasteiger partial charge in [-0.25, -0.2) is 0 Å². The fourth-order valence-corrected chi connectivity index (χ4v) is 4.17. The van der Waals surface area contributed by atoms with Crippen LogP contribution in [0.3, 0.4) is 0 Å². The van der Waals surface area contributed by atoms with E-state index in [-0.39, 0.29) is 0 Å². The normalized spacial score (nSPS) is 32.8. The summed E-state index contributed by atoms with van der Waals surface area (Å²) >= 11 is 0. The Kier molecular flexibility index (Phi) is 5.67. The van der Waals surface area contributed by atoms with Gasteiger partial charge in [0, 0.05) is 24.7 Å². The molecule has 2 fully saturated rings. The number of piperidine rings is 2. The van der Waals surface area contributed by atoms with Gasteiger partial charge in [-0.05, 0) is 72.1 Å². The molecule has 3 heteroatoms. The van der Waals surface area contributed by atoms with Gasteiger partial charge in [-0.1, -0.05) is 6.92 Å². The monoisotopic (exact) mass is 267 g/mol. The van der Waals surface area contributed by atoms with E-state index in [9.17, 15) is 0 Å². The average molecular weight is 267 g/mol. The minimum Gasteiger partial charge on any atom is -0.314 e. The molecule has 112 valence electrons. The predicted octanol–water partition coefficient (Wildman–Crippen LogP) is 2.18. The quantitative estimate of drug-likeness (QED) is 0.824. The van der Waals surface area contributed by atoms with Crippen LogP contribution in [0.25, 0.3) is 0 Å². The third kappa shape index (κ3) is 3.93. The van der Waals surface area contributed by atoms with Gasteiger partial charge in [0.05, 0.1) is 0 Å². The third-order valence-corrected chi connectivity index (χ3v) is 5.25. The van der Waals surface area contributed by atoms with Crippen LogP contribution < -0.4 is 5.32 Å². The van der Waals surface area contributed by atoms with Crippen molar-refractivity contribution in [3.63, 3.8) is 0 Å². The maximum absolute atomic E-state index is 3.54. The lowest BCUT2D eigenvalue weighted by atomic mass is 9.83. The van der Waals surface area contributed by atoms with E-state index in [4.69, 9.17) is 0 Å². The minimum absolute atomic E-state index is 0.645. The summed E-state index contributed by atoms with van der Waals surface area (Å²) in [5.74, 6) is 0.921. The Morgan fingerprint density at radius 1 is 1.21 bits per heavy atom. The van der Waals surface area contributed by atoms with Crippen molar-refractivity contribution in [2.45, 2.75) is 64.6 Å².